The zero-order valence-electron chi connectivity index (χ0n) is 5.96. The zero-order chi connectivity index (χ0) is 6.85. The topological polar surface area (TPSA) is 0 Å². The van der Waals surface area contributed by atoms with E-state index in [2.05, 4.69) is 32.5 Å². The van der Waals surface area contributed by atoms with E-state index < -0.39 is 0 Å². The van der Waals surface area contributed by atoms with Crippen LogP contribution >= 0.6 is 33.3 Å². The maximum atomic E-state index is 2.32. The molecule has 0 nitrogen and oxygen atoms in total. The van der Waals surface area contributed by atoms with Gasteiger partial charge in [0.25, 0.3) is 0 Å². The summed E-state index contributed by atoms with van der Waals surface area (Å²) in [4.78, 5) is 0. The molecule has 1 aliphatic rings. The van der Waals surface area contributed by atoms with E-state index >= 15 is 0 Å². The Kier molecular flexibility index (Phi) is 3.12. The predicted octanol–water partition coefficient (Wildman–Crippen LogP) is 3.24. The lowest BCUT2D eigenvalue weighted by atomic mass is 10.4. The summed E-state index contributed by atoms with van der Waals surface area (Å²) in [5.41, 5.74) is 0. The van der Waals surface area contributed by atoms with Gasteiger partial charge in [-0.1, -0.05) is 35.4 Å². The Morgan fingerprint density at radius 3 is 2.00 bits per heavy atom. The van der Waals surface area contributed by atoms with Crippen molar-refractivity contribution in [3.05, 3.63) is 0 Å². The van der Waals surface area contributed by atoms with Gasteiger partial charge in [0.05, 0.1) is 4.58 Å². The van der Waals surface area contributed by atoms with Crippen molar-refractivity contribution < 1.29 is 0 Å². The molecular weight excluding hydrogens is 168 g/mol. The van der Waals surface area contributed by atoms with Crippen LogP contribution in [0, 0.1) is 0 Å². The second-order valence-electron chi connectivity index (χ2n) is 2.31. The summed E-state index contributed by atoms with van der Waals surface area (Å²) in [6.07, 6.45) is 0. The Bertz CT molecular complexity index is 94.3. The summed E-state index contributed by atoms with van der Waals surface area (Å²) >= 11 is 2.09. The van der Waals surface area contributed by atoms with Gasteiger partial charge in [-0.25, -0.2) is 0 Å². The third kappa shape index (κ3) is 2.28. The van der Waals surface area contributed by atoms with Crippen LogP contribution in [0.2, 0.25) is 0 Å². The molecule has 1 saturated heterocycles. The Balaban J connectivity index is 2.35. The first-order valence-electron chi connectivity index (χ1n) is 3.17. The van der Waals surface area contributed by atoms with Crippen molar-refractivity contribution in [3.63, 3.8) is 0 Å². The van der Waals surface area contributed by atoms with E-state index in [0.717, 1.165) is 15.1 Å². The molecule has 3 unspecified atom stereocenters. The van der Waals surface area contributed by atoms with Gasteiger partial charge in [-0.2, -0.15) is 0 Å². The highest BCUT2D eigenvalue weighted by Gasteiger charge is 2.23. The first kappa shape index (κ1) is 8.15. The van der Waals surface area contributed by atoms with Crippen LogP contribution in [-0.2, 0) is 0 Å². The Labute approximate surface area is 69.3 Å². The molecule has 0 amide bonds. The fourth-order valence-electron chi connectivity index (χ4n) is 0.680. The molecule has 0 spiro atoms. The lowest BCUT2D eigenvalue weighted by Crippen LogP contribution is -2.17. The fraction of sp³-hybridized carbons (Fsp3) is 1.00. The third-order valence-corrected chi connectivity index (χ3v) is 6.99. The Hall–Kier alpha value is 1.05. The standard InChI is InChI=1S/C6H12S3/c1-4-5(2)8-9-6(3)7-4/h4-6H,1-3H3. The van der Waals surface area contributed by atoms with Gasteiger partial charge in [0.2, 0.25) is 0 Å². The summed E-state index contributed by atoms with van der Waals surface area (Å²) in [5, 5.41) is 1.67. The van der Waals surface area contributed by atoms with Crippen LogP contribution in [0.1, 0.15) is 20.8 Å². The maximum absolute atomic E-state index is 2.32. The van der Waals surface area contributed by atoms with E-state index in [0.29, 0.717) is 0 Å². The lowest BCUT2D eigenvalue weighted by Gasteiger charge is -2.27. The third-order valence-electron chi connectivity index (χ3n) is 1.41. The predicted molar refractivity (Wildman–Crippen MR) is 51.2 cm³/mol. The second-order valence-corrected chi connectivity index (χ2v) is 7.32. The minimum atomic E-state index is 0.793. The number of hydrogen-bond acceptors (Lipinski definition) is 3. The first-order valence-corrected chi connectivity index (χ1v) is 6.39. The van der Waals surface area contributed by atoms with E-state index in [1.807, 2.05) is 21.6 Å². The molecule has 0 N–H and O–H groups in total. The molecule has 1 rings (SSSR count). The number of rotatable bonds is 0. The van der Waals surface area contributed by atoms with Crippen LogP contribution in [0.4, 0.5) is 0 Å². The summed E-state index contributed by atoms with van der Waals surface area (Å²) in [7, 11) is 4.04. The van der Waals surface area contributed by atoms with E-state index in [1.54, 1.807) is 0 Å². The van der Waals surface area contributed by atoms with Gasteiger partial charge in [0, 0.05) is 10.5 Å². The molecule has 0 bridgehead atoms. The molecule has 3 atom stereocenters. The van der Waals surface area contributed by atoms with Gasteiger partial charge in [0.15, 0.2) is 0 Å². The lowest BCUT2D eigenvalue weighted by molar-refractivity contribution is 0.928. The molecule has 0 aliphatic carbocycles. The monoisotopic (exact) mass is 180 g/mol. The average molecular weight is 180 g/mol. The minimum Gasteiger partial charge on any atom is -0.143 e. The molecule has 0 radical (unpaired) electrons. The van der Waals surface area contributed by atoms with Crippen LogP contribution in [0.15, 0.2) is 0 Å². The molecule has 1 heterocycles. The quantitative estimate of drug-likeness (QED) is 0.525. The molecule has 1 fully saturated rings. The Morgan fingerprint density at radius 2 is 1.56 bits per heavy atom. The summed E-state index contributed by atoms with van der Waals surface area (Å²) < 4.78 is 0.793. The minimum absolute atomic E-state index is 0.793. The van der Waals surface area contributed by atoms with E-state index in [1.165, 1.54) is 0 Å². The van der Waals surface area contributed by atoms with Crippen molar-refractivity contribution in [3.8, 4) is 0 Å². The highest BCUT2D eigenvalue weighted by molar-refractivity contribution is 8.79. The second kappa shape index (κ2) is 3.44. The fourth-order valence-corrected chi connectivity index (χ4v) is 5.58. The SMILES string of the molecule is CC1SSC(C)C(C)S1. The molecule has 9 heavy (non-hydrogen) atoms. The first-order chi connectivity index (χ1) is 4.20. The van der Waals surface area contributed by atoms with Gasteiger partial charge >= 0.3 is 0 Å². The molecule has 0 aromatic heterocycles. The van der Waals surface area contributed by atoms with Gasteiger partial charge < -0.3 is 0 Å². The zero-order valence-corrected chi connectivity index (χ0v) is 8.41. The van der Waals surface area contributed by atoms with Gasteiger partial charge in [0.1, 0.15) is 0 Å². The molecule has 0 saturated carbocycles. The molecule has 54 valence electrons. The van der Waals surface area contributed by atoms with Crippen LogP contribution in [0.5, 0.6) is 0 Å². The van der Waals surface area contributed by atoms with E-state index in [4.69, 9.17) is 0 Å². The number of thioether (sulfide) groups is 1. The summed E-state index contributed by atoms with van der Waals surface area (Å²) in [6.45, 7) is 6.91. The van der Waals surface area contributed by atoms with Crippen LogP contribution in [-0.4, -0.2) is 15.1 Å². The van der Waals surface area contributed by atoms with Crippen LogP contribution in [0.3, 0.4) is 0 Å². The van der Waals surface area contributed by atoms with Crippen molar-refractivity contribution in [2.45, 2.75) is 35.9 Å². The molecule has 0 aromatic carbocycles. The Morgan fingerprint density at radius 1 is 0.889 bits per heavy atom. The van der Waals surface area contributed by atoms with Gasteiger partial charge in [-0.05, 0) is 6.92 Å². The molecule has 0 aromatic rings. The highest BCUT2D eigenvalue weighted by Crippen LogP contribution is 2.46. The van der Waals surface area contributed by atoms with Gasteiger partial charge in [-0.15, -0.1) is 11.8 Å². The molecule has 1 aliphatic heterocycles. The molecule has 3 heteroatoms. The largest absolute Gasteiger partial charge is 0.143 e. The summed E-state index contributed by atoms with van der Waals surface area (Å²) in [6, 6.07) is 0. The van der Waals surface area contributed by atoms with Crippen LogP contribution in [0.25, 0.3) is 0 Å². The smallest absolute Gasteiger partial charge is 0.0581 e. The maximum Gasteiger partial charge on any atom is 0.0581 e. The number of hydrogen-bond donors (Lipinski definition) is 0. The average Bonchev–Trinajstić information content (AvgIpc) is 1.80. The van der Waals surface area contributed by atoms with Gasteiger partial charge in [-0.3, -0.25) is 0 Å². The molecular formula is C6H12S3. The normalized spacial score (nSPS) is 45.0. The van der Waals surface area contributed by atoms with Crippen molar-refractivity contribution >= 4 is 33.3 Å². The van der Waals surface area contributed by atoms with Crippen molar-refractivity contribution in [1.82, 2.24) is 0 Å². The van der Waals surface area contributed by atoms with Crippen LogP contribution < -0.4 is 0 Å². The van der Waals surface area contributed by atoms with Crippen molar-refractivity contribution in [2.75, 3.05) is 0 Å². The van der Waals surface area contributed by atoms with Crippen molar-refractivity contribution in [2.24, 2.45) is 0 Å². The highest BCUT2D eigenvalue weighted by atomic mass is 33.1. The van der Waals surface area contributed by atoms with Crippen molar-refractivity contribution in [1.29, 1.82) is 0 Å². The van der Waals surface area contributed by atoms with E-state index in [-0.39, 0.29) is 0 Å². The van der Waals surface area contributed by atoms with E-state index in [9.17, 15) is 0 Å². The summed E-state index contributed by atoms with van der Waals surface area (Å²) in [5.74, 6) is 0.